The van der Waals surface area contributed by atoms with Crippen molar-refractivity contribution in [2.45, 2.75) is 27.2 Å². The van der Waals surface area contributed by atoms with E-state index in [-0.39, 0.29) is 11.3 Å². The molecule has 0 unspecified atom stereocenters. The van der Waals surface area contributed by atoms with Gasteiger partial charge >= 0.3 is 0 Å². The van der Waals surface area contributed by atoms with Gasteiger partial charge in [0.05, 0.1) is 6.61 Å². The molecule has 0 N–H and O–H groups in total. The monoisotopic (exact) mass is 199 g/mol. The van der Waals surface area contributed by atoms with E-state index in [0.717, 1.165) is 26.2 Å². The lowest BCUT2D eigenvalue weighted by molar-refractivity contribution is -0.138. The van der Waals surface area contributed by atoms with Crippen molar-refractivity contribution in [2.75, 3.05) is 26.8 Å². The van der Waals surface area contributed by atoms with Crippen LogP contribution in [0.1, 0.15) is 27.2 Å². The van der Waals surface area contributed by atoms with Crippen LogP contribution >= 0.6 is 0 Å². The van der Waals surface area contributed by atoms with Gasteiger partial charge in [0.15, 0.2) is 0 Å². The van der Waals surface area contributed by atoms with E-state index < -0.39 is 0 Å². The van der Waals surface area contributed by atoms with E-state index in [4.69, 9.17) is 4.74 Å². The van der Waals surface area contributed by atoms with Crippen LogP contribution in [0.25, 0.3) is 0 Å². The van der Waals surface area contributed by atoms with Crippen molar-refractivity contribution in [2.24, 2.45) is 11.3 Å². The van der Waals surface area contributed by atoms with Crippen molar-refractivity contribution >= 4 is 5.91 Å². The fourth-order valence-electron chi connectivity index (χ4n) is 1.77. The molecule has 1 atom stereocenters. The maximum atomic E-state index is 11.8. The van der Waals surface area contributed by atoms with Crippen molar-refractivity contribution in [3.05, 3.63) is 0 Å². The lowest BCUT2D eigenvalue weighted by Gasteiger charge is -2.27. The Morgan fingerprint density at radius 2 is 2.14 bits per heavy atom. The molecule has 0 aromatic rings. The Kier molecular flexibility index (Phi) is 3.53. The second-order valence-electron chi connectivity index (χ2n) is 5.17. The number of ether oxygens (including phenoxy) is 1. The second-order valence-corrected chi connectivity index (χ2v) is 5.17. The summed E-state index contributed by atoms with van der Waals surface area (Å²) in [5.41, 5.74) is -0.270. The van der Waals surface area contributed by atoms with Crippen LogP contribution in [0.15, 0.2) is 0 Å². The molecule has 1 amide bonds. The highest BCUT2D eigenvalue weighted by molar-refractivity contribution is 5.81. The minimum atomic E-state index is -0.270. The fraction of sp³-hybridized carbons (Fsp3) is 0.909. The predicted octanol–water partition coefficient (Wildman–Crippen LogP) is 1.53. The fourth-order valence-corrected chi connectivity index (χ4v) is 1.77. The molecule has 3 nitrogen and oxygen atoms in total. The quantitative estimate of drug-likeness (QED) is 0.675. The number of carbonyl (C=O) groups is 1. The van der Waals surface area contributed by atoms with Gasteiger partial charge in [0.2, 0.25) is 5.91 Å². The standard InChI is InChI=1S/C11H21NO2/c1-11(2,3)10(13)12(4)7-9-5-6-14-8-9/h9H,5-8H2,1-4H3/t9-/m1/s1. The first kappa shape index (κ1) is 11.5. The summed E-state index contributed by atoms with van der Waals surface area (Å²) in [6.45, 7) is 8.35. The van der Waals surface area contributed by atoms with E-state index in [1.807, 2.05) is 32.7 Å². The summed E-state index contributed by atoms with van der Waals surface area (Å²) in [5.74, 6) is 0.746. The Morgan fingerprint density at radius 1 is 1.50 bits per heavy atom. The van der Waals surface area contributed by atoms with Crippen molar-refractivity contribution < 1.29 is 9.53 Å². The molecule has 1 heterocycles. The molecule has 0 aliphatic carbocycles. The first-order valence-corrected chi connectivity index (χ1v) is 5.24. The predicted molar refractivity (Wildman–Crippen MR) is 56.0 cm³/mol. The van der Waals surface area contributed by atoms with E-state index >= 15 is 0 Å². The van der Waals surface area contributed by atoms with E-state index in [0.29, 0.717) is 5.92 Å². The van der Waals surface area contributed by atoms with Gasteiger partial charge in [-0.3, -0.25) is 4.79 Å². The zero-order valence-corrected chi connectivity index (χ0v) is 9.67. The molecule has 0 bridgehead atoms. The molecule has 1 aliphatic heterocycles. The summed E-state index contributed by atoms with van der Waals surface area (Å²) in [4.78, 5) is 13.7. The van der Waals surface area contributed by atoms with Gasteiger partial charge in [-0.1, -0.05) is 20.8 Å². The molecule has 0 spiro atoms. The number of amides is 1. The lowest BCUT2D eigenvalue weighted by Crippen LogP contribution is -2.39. The number of rotatable bonds is 2. The van der Waals surface area contributed by atoms with Crippen LogP contribution in [-0.2, 0) is 9.53 Å². The van der Waals surface area contributed by atoms with Crippen molar-refractivity contribution in [1.82, 2.24) is 4.90 Å². The summed E-state index contributed by atoms with van der Waals surface area (Å²) in [6.07, 6.45) is 1.09. The van der Waals surface area contributed by atoms with Gasteiger partial charge in [-0.15, -0.1) is 0 Å². The number of nitrogens with zero attached hydrogens (tertiary/aromatic N) is 1. The number of hydrogen-bond donors (Lipinski definition) is 0. The maximum Gasteiger partial charge on any atom is 0.227 e. The van der Waals surface area contributed by atoms with Crippen LogP contribution in [0.2, 0.25) is 0 Å². The topological polar surface area (TPSA) is 29.5 Å². The van der Waals surface area contributed by atoms with Gasteiger partial charge in [0, 0.05) is 31.5 Å². The Hall–Kier alpha value is -0.570. The normalized spacial score (nSPS) is 22.4. The van der Waals surface area contributed by atoms with E-state index in [1.165, 1.54) is 0 Å². The highest BCUT2D eigenvalue weighted by Crippen LogP contribution is 2.19. The molecule has 14 heavy (non-hydrogen) atoms. The summed E-state index contributed by atoms with van der Waals surface area (Å²) < 4.78 is 5.29. The minimum Gasteiger partial charge on any atom is -0.381 e. The van der Waals surface area contributed by atoms with Gasteiger partial charge in [0.1, 0.15) is 0 Å². The van der Waals surface area contributed by atoms with E-state index in [9.17, 15) is 4.79 Å². The first-order chi connectivity index (χ1) is 6.41. The van der Waals surface area contributed by atoms with Crippen LogP contribution < -0.4 is 0 Å². The van der Waals surface area contributed by atoms with Gasteiger partial charge in [-0.05, 0) is 6.42 Å². The van der Waals surface area contributed by atoms with Crippen LogP contribution in [0.3, 0.4) is 0 Å². The van der Waals surface area contributed by atoms with Crippen molar-refractivity contribution in [3.63, 3.8) is 0 Å². The molecule has 0 aromatic carbocycles. The highest BCUT2D eigenvalue weighted by atomic mass is 16.5. The first-order valence-electron chi connectivity index (χ1n) is 5.24. The van der Waals surface area contributed by atoms with Gasteiger partial charge < -0.3 is 9.64 Å². The molecule has 0 saturated carbocycles. The largest absolute Gasteiger partial charge is 0.381 e. The van der Waals surface area contributed by atoms with Crippen LogP contribution in [-0.4, -0.2) is 37.6 Å². The lowest BCUT2D eigenvalue weighted by atomic mass is 9.94. The molecule has 0 radical (unpaired) electrons. The third-order valence-electron chi connectivity index (χ3n) is 2.54. The zero-order valence-electron chi connectivity index (χ0n) is 9.67. The third-order valence-corrected chi connectivity index (χ3v) is 2.54. The highest BCUT2D eigenvalue weighted by Gasteiger charge is 2.27. The summed E-state index contributed by atoms with van der Waals surface area (Å²) in [7, 11) is 1.88. The van der Waals surface area contributed by atoms with Gasteiger partial charge in [-0.25, -0.2) is 0 Å². The third kappa shape index (κ3) is 2.98. The second kappa shape index (κ2) is 4.30. The minimum absolute atomic E-state index is 0.212. The Bertz CT molecular complexity index is 202. The molecular formula is C11H21NO2. The molecule has 3 heteroatoms. The average Bonchev–Trinajstić information content (AvgIpc) is 2.53. The van der Waals surface area contributed by atoms with Gasteiger partial charge in [0.25, 0.3) is 0 Å². The Labute approximate surface area is 86.4 Å². The van der Waals surface area contributed by atoms with E-state index in [1.54, 1.807) is 0 Å². The summed E-state index contributed by atoms with van der Waals surface area (Å²) in [6, 6.07) is 0. The van der Waals surface area contributed by atoms with Crippen LogP contribution in [0, 0.1) is 11.3 Å². The number of carbonyl (C=O) groups excluding carboxylic acids is 1. The Balaban J connectivity index is 2.41. The zero-order chi connectivity index (χ0) is 10.8. The average molecular weight is 199 g/mol. The molecule has 1 fully saturated rings. The molecule has 1 saturated heterocycles. The smallest absolute Gasteiger partial charge is 0.227 e. The maximum absolute atomic E-state index is 11.8. The van der Waals surface area contributed by atoms with Crippen LogP contribution in [0.5, 0.6) is 0 Å². The van der Waals surface area contributed by atoms with Gasteiger partial charge in [-0.2, -0.15) is 0 Å². The summed E-state index contributed by atoms with van der Waals surface area (Å²) >= 11 is 0. The molecule has 1 aliphatic rings. The molecular weight excluding hydrogens is 178 g/mol. The van der Waals surface area contributed by atoms with Crippen molar-refractivity contribution in [1.29, 1.82) is 0 Å². The van der Waals surface area contributed by atoms with Crippen molar-refractivity contribution in [3.8, 4) is 0 Å². The molecule has 82 valence electrons. The molecule has 1 rings (SSSR count). The number of hydrogen-bond acceptors (Lipinski definition) is 2. The van der Waals surface area contributed by atoms with Crippen LogP contribution in [0.4, 0.5) is 0 Å². The van der Waals surface area contributed by atoms with E-state index in [2.05, 4.69) is 0 Å². The molecule has 0 aromatic heterocycles. The summed E-state index contributed by atoms with van der Waals surface area (Å²) in [5, 5.41) is 0. The SMILES string of the molecule is CN(C[C@H]1CCOC1)C(=O)C(C)(C)C. The Morgan fingerprint density at radius 3 is 2.57 bits per heavy atom.